The number of methoxy groups -OCH3 is 1. The lowest BCUT2D eigenvalue weighted by Crippen LogP contribution is -2.20. The van der Waals surface area contributed by atoms with E-state index in [0.717, 1.165) is 10.6 Å². The third-order valence-electron chi connectivity index (χ3n) is 5.10. The molecule has 0 amide bonds. The second-order valence-electron chi connectivity index (χ2n) is 9.21. The van der Waals surface area contributed by atoms with Crippen LogP contribution in [0, 0.1) is 11.8 Å². The Morgan fingerprint density at radius 3 is 2.15 bits per heavy atom. The van der Waals surface area contributed by atoms with Crippen LogP contribution in [0.2, 0.25) is 0 Å². The summed E-state index contributed by atoms with van der Waals surface area (Å²) in [4.78, 5) is 46.8. The molecule has 2 N–H and O–H groups in total. The van der Waals surface area contributed by atoms with Crippen molar-refractivity contribution in [3.8, 4) is 5.75 Å². The van der Waals surface area contributed by atoms with E-state index in [0.29, 0.717) is 16.2 Å². The molecule has 1 unspecified atom stereocenters. The Morgan fingerprint density at radius 2 is 1.60 bits per heavy atom. The Bertz CT molecular complexity index is 1340. The third-order valence-corrected chi connectivity index (χ3v) is 7.16. The van der Waals surface area contributed by atoms with Gasteiger partial charge in [-0.1, -0.05) is 48.8 Å². The maximum Gasteiger partial charge on any atom is 0.429 e. The van der Waals surface area contributed by atoms with Crippen LogP contribution in [0.1, 0.15) is 34.6 Å². The van der Waals surface area contributed by atoms with Crippen LogP contribution in [-0.4, -0.2) is 51.0 Å². The molecule has 0 aliphatic heterocycles. The lowest BCUT2D eigenvalue weighted by molar-refractivity contribution is -0.256. The molecule has 0 bridgehead atoms. The molecular weight excluding hydrogens is 565 g/mol. The molecule has 1 aromatic carbocycles. The van der Waals surface area contributed by atoms with E-state index in [2.05, 4.69) is 24.7 Å². The number of hydrogen-bond donors (Lipinski definition) is 1. The largest absolute Gasteiger partial charge is 0.497 e. The van der Waals surface area contributed by atoms with Crippen LogP contribution < -0.4 is 10.5 Å². The minimum Gasteiger partial charge on any atom is -0.497 e. The van der Waals surface area contributed by atoms with Crippen LogP contribution in [0.3, 0.4) is 0 Å². The zero-order chi connectivity index (χ0) is 29.4. The van der Waals surface area contributed by atoms with Gasteiger partial charge >= 0.3 is 19.5 Å². The van der Waals surface area contributed by atoms with Crippen LogP contribution in [-0.2, 0) is 44.6 Å². The minimum atomic E-state index is -4.35. The molecular formula is C24H32N5O9PS. The van der Waals surface area contributed by atoms with Crippen LogP contribution >= 0.6 is 19.4 Å². The molecule has 2 heterocycles. The fourth-order valence-corrected chi connectivity index (χ4v) is 4.68. The highest BCUT2D eigenvalue weighted by molar-refractivity contribution is 7.99. The second-order valence-corrected chi connectivity index (χ2v) is 12.1. The first-order valence-electron chi connectivity index (χ1n) is 12.2. The summed E-state index contributed by atoms with van der Waals surface area (Å²) in [5, 5.41) is 0.560. The normalized spacial score (nSPS) is 12.6. The number of fused-ring (bicyclic) bond motifs is 1. The van der Waals surface area contributed by atoms with Gasteiger partial charge in [0.2, 0.25) is 5.95 Å². The van der Waals surface area contributed by atoms with Crippen LogP contribution in [0.4, 0.5) is 5.95 Å². The van der Waals surface area contributed by atoms with E-state index in [1.165, 1.54) is 11.8 Å². The molecule has 0 spiro atoms. The first kappa shape index (κ1) is 31.3. The summed E-state index contributed by atoms with van der Waals surface area (Å²) in [5.41, 5.74) is 6.97. The fraction of sp³-hybridized carbons (Fsp3) is 0.458. The predicted molar refractivity (Wildman–Crippen MR) is 144 cm³/mol. The summed E-state index contributed by atoms with van der Waals surface area (Å²) >= 11 is 1.37. The number of carbonyl (C=O) groups is 2. The van der Waals surface area contributed by atoms with Crippen molar-refractivity contribution in [2.24, 2.45) is 11.8 Å². The highest BCUT2D eigenvalue weighted by atomic mass is 32.2. The maximum atomic E-state index is 13.1. The summed E-state index contributed by atoms with van der Waals surface area (Å²) in [6, 6.07) is 7.45. The fourth-order valence-electron chi connectivity index (χ4n) is 2.88. The lowest BCUT2D eigenvalue weighted by atomic mass is 10.2. The molecule has 0 aliphatic rings. The summed E-state index contributed by atoms with van der Waals surface area (Å²) < 4.78 is 35.2. The van der Waals surface area contributed by atoms with Crippen molar-refractivity contribution in [1.29, 1.82) is 0 Å². The van der Waals surface area contributed by atoms with Crippen LogP contribution in [0.25, 0.3) is 11.2 Å². The SMILES string of the molecule is COc1ccc(Sc2nc(N)nc3c2ncn3CC(C)OCP(=O)(OOC(=O)C(C)C)OOC(=O)C(C)C)cc1. The van der Waals surface area contributed by atoms with Gasteiger partial charge in [-0.25, -0.2) is 19.6 Å². The Morgan fingerprint density at radius 1 is 1.00 bits per heavy atom. The predicted octanol–water partition coefficient (Wildman–Crippen LogP) is 4.39. The summed E-state index contributed by atoms with van der Waals surface area (Å²) in [5.74, 6) is -1.93. The molecule has 3 rings (SSSR count). The van der Waals surface area contributed by atoms with E-state index in [9.17, 15) is 14.2 Å². The number of imidazole rings is 1. The van der Waals surface area contributed by atoms with Gasteiger partial charge in [0.15, 0.2) is 12.0 Å². The average molecular weight is 598 g/mol. The number of rotatable bonds is 14. The van der Waals surface area contributed by atoms with E-state index in [-0.39, 0.29) is 12.5 Å². The highest BCUT2D eigenvalue weighted by Gasteiger charge is 2.34. The summed E-state index contributed by atoms with van der Waals surface area (Å²) in [7, 11) is -2.76. The van der Waals surface area contributed by atoms with Gasteiger partial charge in [0.05, 0.1) is 37.9 Å². The quantitative estimate of drug-likeness (QED) is 0.120. The van der Waals surface area contributed by atoms with Crippen molar-refractivity contribution in [3.05, 3.63) is 30.6 Å². The van der Waals surface area contributed by atoms with Crippen molar-refractivity contribution in [2.75, 3.05) is 19.2 Å². The lowest BCUT2D eigenvalue weighted by Gasteiger charge is -2.19. The molecule has 0 radical (unpaired) electrons. The number of nitrogens with two attached hydrogens (primary N) is 1. The van der Waals surface area contributed by atoms with E-state index < -0.39 is 43.8 Å². The monoisotopic (exact) mass is 597 g/mol. The van der Waals surface area contributed by atoms with Crippen molar-refractivity contribution in [3.63, 3.8) is 0 Å². The van der Waals surface area contributed by atoms with Gasteiger partial charge in [-0.05, 0) is 31.2 Å². The Balaban J connectivity index is 1.71. The number of benzene rings is 1. The smallest absolute Gasteiger partial charge is 0.429 e. The van der Waals surface area contributed by atoms with Gasteiger partial charge in [-0.15, -0.1) is 0 Å². The van der Waals surface area contributed by atoms with E-state index in [1.807, 2.05) is 24.3 Å². The maximum absolute atomic E-state index is 13.1. The summed E-state index contributed by atoms with van der Waals surface area (Å²) in [6.07, 6.45) is 0.263. The molecule has 1 atom stereocenters. The third kappa shape index (κ3) is 8.63. The molecule has 16 heteroatoms. The Labute approximate surface area is 235 Å². The van der Waals surface area contributed by atoms with Crippen molar-refractivity contribution in [1.82, 2.24) is 19.5 Å². The number of nitrogen functional groups attached to an aromatic ring is 1. The molecule has 0 saturated heterocycles. The number of nitrogens with zero attached hydrogens (tertiary/aromatic N) is 4. The van der Waals surface area contributed by atoms with Gasteiger partial charge < -0.3 is 19.8 Å². The zero-order valence-electron chi connectivity index (χ0n) is 22.9. The number of aromatic nitrogens is 4. The molecule has 3 aromatic rings. The standard InChI is InChI=1S/C24H32N5O9PS/c1-14(2)22(30)35-37-39(32,38-36-23(31)15(3)4)13-34-16(5)11-29-12-26-19-20(29)27-24(25)28-21(19)40-18-9-7-17(33-6)8-10-18/h7-10,12,14-16H,11,13H2,1-6H3,(H2,25,27,28). The Hall–Kier alpha value is -3.23. The topological polar surface area (TPSA) is 176 Å². The molecule has 0 aliphatic carbocycles. The molecule has 14 nitrogen and oxygen atoms in total. The van der Waals surface area contributed by atoms with E-state index >= 15 is 0 Å². The molecule has 218 valence electrons. The van der Waals surface area contributed by atoms with Gasteiger partial charge in [-0.2, -0.15) is 4.98 Å². The second kappa shape index (κ2) is 13.9. The van der Waals surface area contributed by atoms with Gasteiger partial charge in [0.1, 0.15) is 16.3 Å². The average Bonchev–Trinajstić information content (AvgIpc) is 3.31. The first-order valence-corrected chi connectivity index (χ1v) is 14.8. The first-order chi connectivity index (χ1) is 18.9. The zero-order valence-corrected chi connectivity index (χ0v) is 24.6. The number of anilines is 1. The van der Waals surface area contributed by atoms with Gasteiger partial charge in [-0.3, -0.25) is 14.3 Å². The van der Waals surface area contributed by atoms with Crippen LogP contribution in [0.5, 0.6) is 5.75 Å². The van der Waals surface area contributed by atoms with Crippen LogP contribution in [0.15, 0.2) is 40.5 Å². The molecule has 0 saturated carbocycles. The highest BCUT2D eigenvalue weighted by Crippen LogP contribution is 2.49. The molecule has 2 aromatic heterocycles. The minimum absolute atomic E-state index is 0.0593. The number of carbonyl (C=O) groups excluding carboxylic acids is 2. The van der Waals surface area contributed by atoms with Crippen molar-refractivity contribution < 1.29 is 42.8 Å². The number of hydrogen-bond acceptors (Lipinski definition) is 14. The van der Waals surface area contributed by atoms with Gasteiger partial charge in [0.25, 0.3) is 0 Å². The van der Waals surface area contributed by atoms with E-state index in [1.54, 1.807) is 52.6 Å². The van der Waals surface area contributed by atoms with E-state index in [4.69, 9.17) is 24.6 Å². The van der Waals surface area contributed by atoms with Crippen molar-refractivity contribution in [2.45, 2.75) is 57.2 Å². The molecule has 0 fully saturated rings. The molecule has 40 heavy (non-hydrogen) atoms. The summed E-state index contributed by atoms with van der Waals surface area (Å²) in [6.45, 7) is 8.12. The Kier molecular flexibility index (Phi) is 10.9. The van der Waals surface area contributed by atoms with Crippen molar-refractivity contribution >= 4 is 48.4 Å². The number of ether oxygens (including phenoxy) is 2. The van der Waals surface area contributed by atoms with Gasteiger partial charge in [0, 0.05) is 4.90 Å².